The number of ether oxygens (including phenoxy) is 1. The van der Waals surface area contributed by atoms with Gasteiger partial charge in [0.2, 0.25) is 5.95 Å². The number of aliphatic hydroxyl groups is 1. The molecule has 1 aromatic carbocycles. The van der Waals surface area contributed by atoms with Crippen LogP contribution in [0.25, 0.3) is 0 Å². The first kappa shape index (κ1) is 24.5. The Balaban J connectivity index is 1.25. The predicted molar refractivity (Wildman–Crippen MR) is 135 cm³/mol. The summed E-state index contributed by atoms with van der Waals surface area (Å²) in [5.41, 5.74) is 0.734. The zero-order valence-electron chi connectivity index (χ0n) is 20.2. The summed E-state index contributed by atoms with van der Waals surface area (Å²) < 4.78 is 20.5. The summed E-state index contributed by atoms with van der Waals surface area (Å²) in [6.07, 6.45) is 5.33. The number of benzene rings is 1. The van der Waals surface area contributed by atoms with Crippen molar-refractivity contribution in [2.75, 3.05) is 30.3 Å². The summed E-state index contributed by atoms with van der Waals surface area (Å²) in [6.45, 7) is 6.97. The molecule has 5 rings (SSSR count). The van der Waals surface area contributed by atoms with E-state index in [1.54, 1.807) is 18.2 Å². The van der Waals surface area contributed by atoms with Gasteiger partial charge in [0.25, 0.3) is 0 Å². The average Bonchev–Trinajstić information content (AvgIpc) is 3.29. The number of piperidine rings is 2. The number of hydrogen-bond donors (Lipinski definition) is 4. The smallest absolute Gasteiger partial charge is 0.229 e. The number of halogens is 2. The van der Waals surface area contributed by atoms with Crippen molar-refractivity contribution in [3.63, 3.8) is 0 Å². The molecule has 4 N–H and O–H groups in total. The second-order valence-corrected chi connectivity index (χ2v) is 10.9. The van der Waals surface area contributed by atoms with Gasteiger partial charge < -0.3 is 25.8 Å². The van der Waals surface area contributed by atoms with Crippen molar-refractivity contribution < 1.29 is 14.2 Å². The summed E-state index contributed by atoms with van der Waals surface area (Å²) in [4.78, 5) is 11.1. The molecule has 4 atom stereocenters. The monoisotopic (exact) mass is 504 g/mol. The molecule has 3 aliphatic rings. The first-order valence-electron chi connectivity index (χ1n) is 12.5. The van der Waals surface area contributed by atoms with Gasteiger partial charge in [0.05, 0.1) is 11.2 Å². The Morgan fingerprint density at radius 2 is 2.17 bits per heavy atom. The number of aromatic nitrogens is 2. The highest BCUT2D eigenvalue weighted by atomic mass is 35.5. The van der Waals surface area contributed by atoms with Gasteiger partial charge in [0.15, 0.2) is 11.6 Å². The third-order valence-electron chi connectivity index (χ3n) is 7.40. The maximum atomic E-state index is 14.6. The molecule has 8 nitrogen and oxygen atoms in total. The molecule has 3 fully saturated rings. The lowest BCUT2D eigenvalue weighted by Crippen LogP contribution is -2.55. The van der Waals surface area contributed by atoms with Crippen molar-refractivity contribution in [2.24, 2.45) is 0 Å². The highest BCUT2D eigenvalue weighted by Gasteiger charge is 2.43. The molecule has 0 bridgehead atoms. The van der Waals surface area contributed by atoms with E-state index >= 15 is 0 Å². The van der Waals surface area contributed by atoms with Gasteiger partial charge in [-0.2, -0.15) is 4.98 Å². The first-order chi connectivity index (χ1) is 16.8. The van der Waals surface area contributed by atoms with Crippen LogP contribution in [-0.4, -0.2) is 69.4 Å². The summed E-state index contributed by atoms with van der Waals surface area (Å²) in [5, 5.41) is 20.1. The number of nitrogens with one attached hydrogen (secondary N) is 3. The third-order valence-corrected chi connectivity index (χ3v) is 7.69. The Morgan fingerprint density at radius 1 is 1.31 bits per heavy atom. The minimum absolute atomic E-state index is 0.0758. The van der Waals surface area contributed by atoms with Gasteiger partial charge in [-0.05, 0) is 77.2 Å². The van der Waals surface area contributed by atoms with E-state index in [0.29, 0.717) is 35.5 Å². The van der Waals surface area contributed by atoms with Crippen LogP contribution in [0.15, 0.2) is 24.4 Å². The van der Waals surface area contributed by atoms with Gasteiger partial charge in [0.1, 0.15) is 18.0 Å². The van der Waals surface area contributed by atoms with Gasteiger partial charge in [-0.1, -0.05) is 11.6 Å². The zero-order chi connectivity index (χ0) is 24.6. The van der Waals surface area contributed by atoms with Crippen LogP contribution in [0.5, 0.6) is 5.75 Å². The fraction of sp³-hybridized carbons (Fsp3) is 0.600. The summed E-state index contributed by atoms with van der Waals surface area (Å²) in [6, 6.07) is 5.94. The Hall–Kier alpha value is -2.20. The van der Waals surface area contributed by atoms with Crippen molar-refractivity contribution in [3.8, 4) is 5.75 Å². The number of β-amino-alcohol motifs (C(OH)–C–C–N with tert-alkyl or cyclic N) is 1. The van der Waals surface area contributed by atoms with Crippen molar-refractivity contribution >= 4 is 29.1 Å². The second-order valence-electron chi connectivity index (χ2n) is 10.5. The Morgan fingerprint density at radius 3 is 2.97 bits per heavy atom. The predicted octanol–water partition coefficient (Wildman–Crippen LogP) is 3.93. The van der Waals surface area contributed by atoms with Crippen LogP contribution < -0.4 is 20.7 Å². The van der Waals surface area contributed by atoms with Crippen molar-refractivity contribution in [2.45, 2.75) is 75.8 Å². The largest absolute Gasteiger partial charge is 0.486 e. The summed E-state index contributed by atoms with van der Waals surface area (Å²) >= 11 is 6.44. The Bertz CT molecular complexity index is 1060. The molecule has 1 aromatic heterocycles. The van der Waals surface area contributed by atoms with E-state index in [-0.39, 0.29) is 29.5 Å². The Kier molecular flexibility index (Phi) is 7.03. The quantitative estimate of drug-likeness (QED) is 0.470. The Labute approximate surface area is 210 Å². The molecule has 3 saturated heterocycles. The molecule has 35 heavy (non-hydrogen) atoms. The average molecular weight is 505 g/mol. The van der Waals surface area contributed by atoms with Crippen molar-refractivity contribution in [1.29, 1.82) is 0 Å². The zero-order valence-corrected chi connectivity index (χ0v) is 21.0. The van der Waals surface area contributed by atoms with Crippen LogP contribution in [0.2, 0.25) is 5.02 Å². The normalized spacial score (nSPS) is 28.4. The van der Waals surface area contributed by atoms with Crippen LogP contribution in [-0.2, 0) is 0 Å². The van der Waals surface area contributed by atoms with E-state index in [1.807, 2.05) is 0 Å². The standard InChI is InChI=1S/C25H34ClFN6O2/c1-25(2)12-16(10-17-4-3-9-33(17)25)30-23-19(27)13-29-24(32-23)31-15-5-6-21(18(26)11-15)35-22-7-8-28-14-20(22)34/h5-6,11,13,16-17,20,22,28,34H,3-4,7-10,12,14H2,1-2H3,(H2,29,30,31,32)/t16-,17+,20?,22?/m1/s1. The van der Waals surface area contributed by atoms with Gasteiger partial charge in [-0.25, -0.2) is 9.37 Å². The van der Waals surface area contributed by atoms with E-state index in [9.17, 15) is 9.50 Å². The molecule has 0 radical (unpaired) electrons. The highest BCUT2D eigenvalue weighted by molar-refractivity contribution is 6.32. The number of aliphatic hydroxyl groups excluding tert-OH is 1. The molecule has 4 heterocycles. The number of hydrogen-bond acceptors (Lipinski definition) is 8. The van der Waals surface area contributed by atoms with Gasteiger partial charge in [0, 0.05) is 29.9 Å². The molecule has 0 saturated carbocycles. The minimum atomic E-state index is -0.581. The fourth-order valence-electron chi connectivity index (χ4n) is 5.76. The summed E-state index contributed by atoms with van der Waals surface area (Å²) in [7, 11) is 0. The van der Waals surface area contributed by atoms with Crippen molar-refractivity contribution in [1.82, 2.24) is 20.2 Å². The van der Waals surface area contributed by atoms with E-state index < -0.39 is 11.9 Å². The van der Waals surface area contributed by atoms with E-state index in [4.69, 9.17) is 16.3 Å². The molecule has 3 aliphatic heterocycles. The number of fused-ring (bicyclic) bond motifs is 1. The molecule has 2 aromatic rings. The second kappa shape index (κ2) is 10.0. The highest BCUT2D eigenvalue weighted by Crippen LogP contribution is 2.38. The van der Waals surface area contributed by atoms with E-state index in [1.165, 1.54) is 19.0 Å². The van der Waals surface area contributed by atoms with Crippen LogP contribution in [0.4, 0.5) is 21.8 Å². The molecular formula is C25H34ClFN6O2. The van der Waals surface area contributed by atoms with Crippen LogP contribution in [0, 0.1) is 5.82 Å². The number of nitrogens with zero attached hydrogens (tertiary/aromatic N) is 3. The van der Waals surface area contributed by atoms with E-state index in [2.05, 4.69) is 44.7 Å². The lowest BCUT2D eigenvalue weighted by atomic mass is 9.84. The lowest BCUT2D eigenvalue weighted by molar-refractivity contribution is 0.0163. The third kappa shape index (κ3) is 5.48. The SMILES string of the molecule is CC1(C)C[C@H](Nc2nc(Nc3ccc(OC4CCNCC4O)c(Cl)c3)ncc2F)C[C@@H]2CCCN21. The maximum absolute atomic E-state index is 14.6. The number of anilines is 3. The molecule has 0 aliphatic carbocycles. The van der Waals surface area contributed by atoms with Gasteiger partial charge in [-0.3, -0.25) is 4.90 Å². The number of rotatable bonds is 6. The summed E-state index contributed by atoms with van der Waals surface area (Å²) in [5.74, 6) is 0.529. The minimum Gasteiger partial charge on any atom is -0.486 e. The van der Waals surface area contributed by atoms with E-state index in [0.717, 1.165) is 25.9 Å². The van der Waals surface area contributed by atoms with Gasteiger partial charge >= 0.3 is 0 Å². The first-order valence-corrected chi connectivity index (χ1v) is 12.8. The molecule has 0 spiro atoms. The van der Waals surface area contributed by atoms with Crippen LogP contribution in [0.1, 0.15) is 46.0 Å². The topological polar surface area (TPSA) is 94.6 Å². The maximum Gasteiger partial charge on any atom is 0.229 e. The molecule has 0 amide bonds. The molecule has 2 unspecified atom stereocenters. The van der Waals surface area contributed by atoms with Gasteiger partial charge in [-0.15, -0.1) is 0 Å². The molecule has 10 heteroatoms. The lowest BCUT2D eigenvalue weighted by Gasteiger charge is -2.47. The van der Waals surface area contributed by atoms with Crippen LogP contribution >= 0.6 is 11.6 Å². The van der Waals surface area contributed by atoms with Crippen molar-refractivity contribution in [3.05, 3.63) is 35.2 Å². The molecule has 190 valence electrons. The van der Waals surface area contributed by atoms with Crippen LogP contribution in [0.3, 0.4) is 0 Å². The molecular weight excluding hydrogens is 471 g/mol. The fourth-order valence-corrected chi connectivity index (χ4v) is 5.99.